The number of methoxy groups -OCH3 is 2. The molecule has 0 fully saturated rings. The van der Waals surface area contributed by atoms with E-state index in [-0.39, 0.29) is 36.7 Å². The lowest BCUT2D eigenvalue weighted by Crippen LogP contribution is -2.11. The number of aromatic nitrogens is 3. The van der Waals surface area contributed by atoms with Crippen LogP contribution in [0.1, 0.15) is 23.4 Å². The number of rotatable bonds is 9. The fraction of sp³-hybridized carbons (Fsp3) is 0.273. The molecule has 0 aliphatic rings. The summed E-state index contributed by atoms with van der Waals surface area (Å²) < 4.78 is 15.8. The largest absolute Gasteiger partial charge is 0.493 e. The number of nitrogen functional groups attached to an aromatic ring is 1. The zero-order valence-corrected chi connectivity index (χ0v) is 17.7. The molecule has 31 heavy (non-hydrogen) atoms. The van der Waals surface area contributed by atoms with E-state index in [4.69, 9.17) is 19.9 Å². The predicted molar refractivity (Wildman–Crippen MR) is 116 cm³/mol. The van der Waals surface area contributed by atoms with Crippen molar-refractivity contribution in [2.75, 3.05) is 25.3 Å². The molecule has 0 saturated carbocycles. The molecule has 9 heteroatoms. The highest BCUT2D eigenvalue weighted by Crippen LogP contribution is 2.28. The summed E-state index contributed by atoms with van der Waals surface area (Å²) in [5.74, 6) is 1.48. The van der Waals surface area contributed by atoms with Gasteiger partial charge in [0.15, 0.2) is 23.9 Å². The predicted octanol–water partition coefficient (Wildman–Crippen LogP) is 3.20. The molecule has 1 aromatic heterocycles. The van der Waals surface area contributed by atoms with Crippen LogP contribution >= 0.6 is 0 Å². The second-order valence-corrected chi connectivity index (χ2v) is 6.72. The van der Waals surface area contributed by atoms with Gasteiger partial charge >= 0.3 is 5.97 Å². The lowest BCUT2D eigenvalue weighted by Gasteiger charge is -2.10. The first-order valence-electron chi connectivity index (χ1n) is 9.68. The summed E-state index contributed by atoms with van der Waals surface area (Å²) in [6, 6.07) is 13.2. The number of anilines is 3. The van der Waals surface area contributed by atoms with Crippen LogP contribution in [0.3, 0.4) is 0 Å². The van der Waals surface area contributed by atoms with Crippen LogP contribution in [0.5, 0.6) is 11.5 Å². The summed E-state index contributed by atoms with van der Waals surface area (Å²) in [6.07, 6.45) is 0.697. The Morgan fingerprint density at radius 2 is 1.81 bits per heavy atom. The molecule has 0 spiro atoms. The third kappa shape index (κ3) is 6.05. The molecule has 0 atom stereocenters. The van der Waals surface area contributed by atoms with Crippen molar-refractivity contribution < 1.29 is 19.0 Å². The van der Waals surface area contributed by atoms with E-state index in [2.05, 4.69) is 20.3 Å². The minimum atomic E-state index is -0.373. The average molecular weight is 423 g/mol. The molecule has 2 aromatic carbocycles. The van der Waals surface area contributed by atoms with E-state index in [9.17, 15) is 4.79 Å². The summed E-state index contributed by atoms with van der Waals surface area (Å²) >= 11 is 0. The summed E-state index contributed by atoms with van der Waals surface area (Å²) in [4.78, 5) is 24.6. The van der Waals surface area contributed by atoms with E-state index >= 15 is 0 Å². The van der Waals surface area contributed by atoms with Crippen molar-refractivity contribution in [2.24, 2.45) is 0 Å². The number of carbonyl (C=O) groups excluding carboxylic acids is 1. The molecular weight excluding hydrogens is 398 g/mol. The second kappa shape index (κ2) is 10.2. The summed E-state index contributed by atoms with van der Waals surface area (Å²) in [5, 5.41) is 3.10. The van der Waals surface area contributed by atoms with Gasteiger partial charge in [0.2, 0.25) is 11.9 Å². The maximum Gasteiger partial charge on any atom is 0.306 e. The molecule has 0 aliphatic heterocycles. The van der Waals surface area contributed by atoms with Gasteiger partial charge in [-0.05, 0) is 42.7 Å². The van der Waals surface area contributed by atoms with Gasteiger partial charge < -0.3 is 25.3 Å². The topological polar surface area (TPSA) is 121 Å². The molecule has 0 unspecified atom stereocenters. The molecule has 0 bridgehead atoms. The van der Waals surface area contributed by atoms with Crippen molar-refractivity contribution >= 4 is 23.6 Å². The van der Waals surface area contributed by atoms with Crippen LogP contribution in [-0.2, 0) is 22.6 Å². The minimum absolute atomic E-state index is 0.0439. The van der Waals surface area contributed by atoms with Crippen molar-refractivity contribution in [1.29, 1.82) is 0 Å². The second-order valence-electron chi connectivity index (χ2n) is 6.72. The molecule has 0 aliphatic carbocycles. The number of benzene rings is 2. The maximum absolute atomic E-state index is 12.2. The van der Waals surface area contributed by atoms with Crippen LogP contribution in [0, 0.1) is 6.92 Å². The number of ether oxygens (including phenoxy) is 3. The van der Waals surface area contributed by atoms with Gasteiger partial charge in [-0.3, -0.25) is 4.79 Å². The number of para-hydroxylation sites is 1. The zero-order valence-electron chi connectivity index (χ0n) is 17.7. The molecule has 0 radical (unpaired) electrons. The van der Waals surface area contributed by atoms with Gasteiger partial charge in [0.05, 0.1) is 14.2 Å². The molecule has 3 aromatic rings. The van der Waals surface area contributed by atoms with E-state index in [0.717, 1.165) is 16.8 Å². The van der Waals surface area contributed by atoms with Crippen LogP contribution < -0.4 is 20.5 Å². The van der Waals surface area contributed by atoms with Gasteiger partial charge in [-0.25, -0.2) is 0 Å². The molecule has 3 rings (SSSR count). The van der Waals surface area contributed by atoms with E-state index in [1.807, 2.05) is 43.3 Å². The lowest BCUT2D eigenvalue weighted by atomic mass is 10.1. The number of hydrogen-bond acceptors (Lipinski definition) is 9. The number of esters is 1. The van der Waals surface area contributed by atoms with Crippen LogP contribution in [0.4, 0.5) is 17.6 Å². The fourth-order valence-electron chi connectivity index (χ4n) is 2.89. The monoisotopic (exact) mass is 423 g/mol. The summed E-state index contributed by atoms with van der Waals surface area (Å²) in [5.41, 5.74) is 8.60. The van der Waals surface area contributed by atoms with Crippen molar-refractivity contribution in [2.45, 2.75) is 26.4 Å². The Morgan fingerprint density at radius 1 is 1.03 bits per heavy atom. The van der Waals surface area contributed by atoms with Crippen molar-refractivity contribution in [3.05, 3.63) is 59.4 Å². The van der Waals surface area contributed by atoms with Crippen LogP contribution in [0.2, 0.25) is 0 Å². The van der Waals surface area contributed by atoms with Crippen LogP contribution in [0.15, 0.2) is 42.5 Å². The van der Waals surface area contributed by atoms with Gasteiger partial charge in [-0.2, -0.15) is 15.0 Å². The van der Waals surface area contributed by atoms with E-state index in [0.29, 0.717) is 17.9 Å². The quantitative estimate of drug-likeness (QED) is 0.500. The molecular formula is C22H25N5O4. The third-order valence-electron chi connectivity index (χ3n) is 4.52. The van der Waals surface area contributed by atoms with Crippen molar-refractivity contribution in [3.63, 3.8) is 0 Å². The number of nitrogens with zero attached hydrogens (tertiary/aromatic N) is 3. The number of carbonyl (C=O) groups is 1. The van der Waals surface area contributed by atoms with Crippen LogP contribution in [0.25, 0.3) is 0 Å². The molecule has 1 heterocycles. The Kier molecular flexibility index (Phi) is 7.21. The highest BCUT2D eigenvalue weighted by atomic mass is 16.5. The van der Waals surface area contributed by atoms with Gasteiger partial charge in [0.25, 0.3) is 0 Å². The van der Waals surface area contributed by atoms with E-state index in [1.54, 1.807) is 20.3 Å². The normalized spacial score (nSPS) is 10.4. The molecule has 0 amide bonds. The average Bonchev–Trinajstić information content (AvgIpc) is 2.77. The standard InChI is InChI=1S/C22H25N5O4/c1-14-6-4-5-7-16(14)24-22-26-19(25-21(23)27-22)13-31-20(28)11-9-15-8-10-17(29-2)18(12-15)30-3/h4-8,10,12H,9,11,13H2,1-3H3,(H3,23,24,25,26,27). The fourth-order valence-corrected chi connectivity index (χ4v) is 2.89. The van der Waals surface area contributed by atoms with Gasteiger partial charge in [0.1, 0.15) is 0 Å². The Hall–Kier alpha value is -3.88. The summed E-state index contributed by atoms with van der Waals surface area (Å²) in [6.45, 7) is 1.87. The number of aryl methyl sites for hydroxylation is 2. The Bertz CT molecular complexity index is 1060. The van der Waals surface area contributed by atoms with E-state index < -0.39 is 0 Å². The Morgan fingerprint density at radius 3 is 2.55 bits per heavy atom. The van der Waals surface area contributed by atoms with Crippen molar-refractivity contribution in [3.8, 4) is 11.5 Å². The highest BCUT2D eigenvalue weighted by Gasteiger charge is 2.11. The SMILES string of the molecule is COc1ccc(CCC(=O)OCc2nc(N)nc(Nc3ccccc3C)n2)cc1OC. The lowest BCUT2D eigenvalue weighted by molar-refractivity contribution is -0.145. The summed E-state index contributed by atoms with van der Waals surface area (Å²) in [7, 11) is 3.14. The Balaban J connectivity index is 1.56. The van der Waals surface area contributed by atoms with Gasteiger partial charge in [-0.1, -0.05) is 24.3 Å². The van der Waals surface area contributed by atoms with E-state index in [1.165, 1.54) is 0 Å². The first-order valence-corrected chi connectivity index (χ1v) is 9.68. The molecule has 3 N–H and O–H groups in total. The Labute approximate surface area is 180 Å². The highest BCUT2D eigenvalue weighted by molar-refractivity contribution is 5.69. The third-order valence-corrected chi connectivity index (χ3v) is 4.52. The number of nitrogens with two attached hydrogens (primary N) is 1. The van der Waals surface area contributed by atoms with Gasteiger partial charge in [0, 0.05) is 12.1 Å². The smallest absolute Gasteiger partial charge is 0.306 e. The maximum atomic E-state index is 12.2. The van der Waals surface area contributed by atoms with Crippen LogP contribution in [-0.4, -0.2) is 35.1 Å². The zero-order chi connectivity index (χ0) is 22.2. The molecule has 0 saturated heterocycles. The van der Waals surface area contributed by atoms with Crippen molar-refractivity contribution in [1.82, 2.24) is 15.0 Å². The number of hydrogen-bond donors (Lipinski definition) is 2. The minimum Gasteiger partial charge on any atom is -0.493 e. The first-order chi connectivity index (χ1) is 15.0. The molecule has 9 nitrogen and oxygen atoms in total. The molecule has 162 valence electrons. The number of nitrogens with one attached hydrogen (secondary N) is 1. The van der Waals surface area contributed by atoms with Gasteiger partial charge in [-0.15, -0.1) is 0 Å². The first kappa shape index (κ1) is 21.8.